The van der Waals surface area contributed by atoms with Gasteiger partial charge in [-0.05, 0) is 55.4 Å². The van der Waals surface area contributed by atoms with Gasteiger partial charge in [-0.15, -0.1) is 11.3 Å². The number of carbonyl (C=O) groups excluding carboxylic acids is 1. The highest BCUT2D eigenvalue weighted by Crippen LogP contribution is 2.29. The van der Waals surface area contributed by atoms with Gasteiger partial charge in [-0.25, -0.2) is 0 Å². The molecule has 2 aromatic rings. The summed E-state index contributed by atoms with van der Waals surface area (Å²) in [6.45, 7) is 4.87. The number of nitro groups is 1. The maximum Gasteiger partial charge on any atom is 0.276 e. The zero-order chi connectivity index (χ0) is 19.9. The summed E-state index contributed by atoms with van der Waals surface area (Å²) in [5, 5.41) is 16.1. The van der Waals surface area contributed by atoms with Crippen molar-refractivity contribution in [2.75, 3.05) is 19.6 Å². The third-order valence-corrected chi connectivity index (χ3v) is 6.12. The Morgan fingerprint density at radius 2 is 2.07 bits per heavy atom. The minimum absolute atomic E-state index is 0.00884. The van der Waals surface area contributed by atoms with Gasteiger partial charge in [0.05, 0.1) is 16.5 Å². The predicted molar refractivity (Wildman–Crippen MR) is 112 cm³/mol. The lowest BCUT2D eigenvalue weighted by molar-refractivity contribution is -0.385. The first-order valence-corrected chi connectivity index (χ1v) is 10.4. The molecule has 0 spiro atoms. The van der Waals surface area contributed by atoms with Crippen LogP contribution in [0.15, 0.2) is 47.9 Å². The maximum atomic E-state index is 12.3. The molecule has 1 aromatic heterocycles. The van der Waals surface area contributed by atoms with Crippen LogP contribution in [0.25, 0.3) is 6.08 Å². The second kappa shape index (κ2) is 9.61. The molecule has 1 saturated heterocycles. The van der Waals surface area contributed by atoms with Gasteiger partial charge in [-0.2, -0.15) is 0 Å². The average Bonchev–Trinajstić information content (AvgIpc) is 3.22. The summed E-state index contributed by atoms with van der Waals surface area (Å²) in [5.41, 5.74) is 0.410. The van der Waals surface area contributed by atoms with E-state index in [1.165, 1.54) is 35.9 Å². The molecule has 6 nitrogen and oxygen atoms in total. The van der Waals surface area contributed by atoms with Crippen LogP contribution in [0.1, 0.15) is 36.2 Å². The molecule has 1 aliphatic rings. The van der Waals surface area contributed by atoms with E-state index in [1.807, 2.05) is 6.07 Å². The normalized spacial score (nSPS) is 16.9. The smallest absolute Gasteiger partial charge is 0.276 e. The van der Waals surface area contributed by atoms with E-state index in [0.29, 0.717) is 12.1 Å². The van der Waals surface area contributed by atoms with Crippen LogP contribution in [0.5, 0.6) is 0 Å². The summed E-state index contributed by atoms with van der Waals surface area (Å²) in [7, 11) is 0. The number of hydrogen-bond acceptors (Lipinski definition) is 5. The van der Waals surface area contributed by atoms with Gasteiger partial charge in [-0.1, -0.05) is 25.1 Å². The number of nitro benzene ring substituents is 1. The number of carbonyl (C=O) groups is 1. The first-order valence-electron chi connectivity index (χ1n) is 9.51. The van der Waals surface area contributed by atoms with Gasteiger partial charge < -0.3 is 5.32 Å². The highest BCUT2D eigenvalue weighted by Gasteiger charge is 2.25. The summed E-state index contributed by atoms with van der Waals surface area (Å²) in [5.74, 6) is 0.504. The van der Waals surface area contributed by atoms with Gasteiger partial charge >= 0.3 is 0 Å². The molecule has 7 heteroatoms. The van der Waals surface area contributed by atoms with Crippen molar-refractivity contribution >= 4 is 29.0 Å². The maximum absolute atomic E-state index is 12.3. The molecule has 1 N–H and O–H groups in total. The van der Waals surface area contributed by atoms with Crippen LogP contribution in [0, 0.1) is 16.0 Å². The number of nitrogens with one attached hydrogen (secondary N) is 1. The highest BCUT2D eigenvalue weighted by molar-refractivity contribution is 7.10. The zero-order valence-corrected chi connectivity index (χ0v) is 16.7. The predicted octanol–water partition coefficient (Wildman–Crippen LogP) is 4.26. The van der Waals surface area contributed by atoms with Crippen LogP contribution in [0.3, 0.4) is 0 Å². The lowest BCUT2D eigenvalue weighted by Crippen LogP contribution is -2.41. The molecule has 1 atom stereocenters. The van der Waals surface area contributed by atoms with Crippen LogP contribution in [-0.4, -0.2) is 35.4 Å². The summed E-state index contributed by atoms with van der Waals surface area (Å²) < 4.78 is 0. The fourth-order valence-electron chi connectivity index (χ4n) is 3.45. The van der Waals surface area contributed by atoms with E-state index in [0.717, 1.165) is 19.0 Å². The summed E-state index contributed by atoms with van der Waals surface area (Å²) in [4.78, 5) is 26.6. The zero-order valence-electron chi connectivity index (χ0n) is 15.9. The van der Waals surface area contributed by atoms with E-state index in [9.17, 15) is 14.9 Å². The number of likely N-dealkylation sites (tertiary alicyclic amines) is 1. The molecule has 0 aliphatic carbocycles. The molecule has 0 bridgehead atoms. The van der Waals surface area contributed by atoms with Crippen LogP contribution in [0.2, 0.25) is 0 Å². The number of para-hydroxylation sites is 1. The van der Waals surface area contributed by atoms with Crippen LogP contribution in [0.4, 0.5) is 5.69 Å². The number of thiophene rings is 1. The third kappa shape index (κ3) is 5.27. The molecule has 0 saturated carbocycles. The minimum Gasteiger partial charge on any atom is -0.351 e. The Labute approximate surface area is 169 Å². The largest absolute Gasteiger partial charge is 0.351 e. The minimum atomic E-state index is -0.443. The Balaban J connectivity index is 1.63. The van der Waals surface area contributed by atoms with Gasteiger partial charge in [0, 0.05) is 23.6 Å². The summed E-state index contributed by atoms with van der Waals surface area (Å²) in [6.07, 6.45) is 5.21. The lowest BCUT2D eigenvalue weighted by atomic mass is 9.97. The van der Waals surface area contributed by atoms with E-state index in [1.54, 1.807) is 29.5 Å². The molecule has 1 unspecified atom stereocenters. The summed E-state index contributed by atoms with van der Waals surface area (Å²) in [6, 6.07) is 10.7. The highest BCUT2D eigenvalue weighted by atomic mass is 32.1. The molecular weight excluding hydrogens is 374 g/mol. The Morgan fingerprint density at radius 1 is 1.32 bits per heavy atom. The van der Waals surface area contributed by atoms with E-state index in [-0.39, 0.29) is 17.6 Å². The van der Waals surface area contributed by atoms with Crippen molar-refractivity contribution in [3.63, 3.8) is 0 Å². The molecule has 2 heterocycles. The van der Waals surface area contributed by atoms with Crippen molar-refractivity contribution in [1.29, 1.82) is 0 Å². The molecule has 0 radical (unpaired) electrons. The first-order chi connectivity index (χ1) is 13.5. The van der Waals surface area contributed by atoms with Gasteiger partial charge in [0.15, 0.2) is 0 Å². The fourth-order valence-corrected chi connectivity index (χ4v) is 4.31. The van der Waals surface area contributed by atoms with Crippen molar-refractivity contribution in [1.82, 2.24) is 10.2 Å². The van der Waals surface area contributed by atoms with E-state index < -0.39 is 4.92 Å². The average molecular weight is 400 g/mol. The number of nitrogens with zero attached hydrogens (tertiary/aromatic N) is 2. The monoisotopic (exact) mass is 399 g/mol. The molecule has 28 heavy (non-hydrogen) atoms. The molecule has 1 aliphatic heterocycles. The quantitative estimate of drug-likeness (QED) is 0.429. The van der Waals surface area contributed by atoms with Crippen molar-refractivity contribution < 1.29 is 9.72 Å². The Bertz CT molecular complexity index is 827. The van der Waals surface area contributed by atoms with Crippen molar-refractivity contribution in [2.24, 2.45) is 5.92 Å². The van der Waals surface area contributed by atoms with Gasteiger partial charge in [0.1, 0.15) is 0 Å². The molecular formula is C21H25N3O3S. The van der Waals surface area contributed by atoms with Crippen molar-refractivity contribution in [3.05, 3.63) is 68.4 Å². The lowest BCUT2D eigenvalue weighted by Gasteiger charge is -2.36. The van der Waals surface area contributed by atoms with E-state index in [4.69, 9.17) is 0 Å². The third-order valence-electron chi connectivity index (χ3n) is 5.15. The second-order valence-corrected chi connectivity index (χ2v) is 8.12. The van der Waals surface area contributed by atoms with E-state index in [2.05, 4.69) is 28.6 Å². The van der Waals surface area contributed by atoms with Crippen molar-refractivity contribution in [2.45, 2.75) is 25.8 Å². The van der Waals surface area contributed by atoms with Crippen LogP contribution < -0.4 is 5.32 Å². The van der Waals surface area contributed by atoms with E-state index >= 15 is 0 Å². The van der Waals surface area contributed by atoms with Crippen LogP contribution >= 0.6 is 11.3 Å². The topological polar surface area (TPSA) is 75.5 Å². The number of rotatable bonds is 7. The number of amides is 1. The first kappa shape index (κ1) is 20.2. The molecule has 148 valence electrons. The standard InChI is InChI=1S/C21H25N3O3S/c1-16-10-12-23(13-11-16)19(20-7-4-14-28-20)15-22-21(25)9-8-17-5-2-3-6-18(17)24(26)27/h2-9,14,16,19H,10-13,15H2,1H3,(H,22,25)/b9-8+. The van der Waals surface area contributed by atoms with Crippen molar-refractivity contribution in [3.8, 4) is 0 Å². The molecule has 1 fully saturated rings. The van der Waals surface area contributed by atoms with Gasteiger partial charge in [0.2, 0.25) is 5.91 Å². The number of piperidine rings is 1. The molecule has 3 rings (SSSR count). The molecule has 1 amide bonds. The Morgan fingerprint density at radius 3 is 2.75 bits per heavy atom. The Kier molecular flexibility index (Phi) is 6.95. The Hall–Kier alpha value is -2.51. The summed E-state index contributed by atoms with van der Waals surface area (Å²) >= 11 is 1.71. The van der Waals surface area contributed by atoms with Crippen LogP contribution in [-0.2, 0) is 4.79 Å². The van der Waals surface area contributed by atoms with Gasteiger partial charge in [-0.3, -0.25) is 19.8 Å². The SMILES string of the molecule is CC1CCN(C(CNC(=O)/C=C/c2ccccc2[N+](=O)[O-])c2cccs2)CC1. The molecule has 1 aromatic carbocycles. The van der Waals surface area contributed by atoms with Gasteiger partial charge in [0.25, 0.3) is 5.69 Å². The number of hydrogen-bond donors (Lipinski definition) is 1. The fraction of sp³-hybridized carbons (Fsp3) is 0.381. The number of benzene rings is 1. The second-order valence-electron chi connectivity index (χ2n) is 7.14.